The van der Waals surface area contributed by atoms with Crippen LogP contribution in [0.2, 0.25) is 0 Å². The zero-order valence-corrected chi connectivity index (χ0v) is 11.6. The Morgan fingerprint density at radius 2 is 1.83 bits per heavy atom. The molecular weight excluding hydrogens is 222 g/mol. The summed E-state index contributed by atoms with van der Waals surface area (Å²) < 4.78 is 0. The van der Waals surface area contributed by atoms with Crippen molar-refractivity contribution in [1.29, 1.82) is 0 Å². The number of nitrogens with two attached hydrogens (primary N) is 1. The highest BCUT2D eigenvalue weighted by molar-refractivity contribution is 5.57. The van der Waals surface area contributed by atoms with E-state index >= 15 is 0 Å². The quantitative estimate of drug-likeness (QED) is 0.856. The van der Waals surface area contributed by atoms with Crippen LogP contribution in [0.25, 0.3) is 0 Å². The van der Waals surface area contributed by atoms with Gasteiger partial charge in [0, 0.05) is 37.9 Å². The number of anilines is 1. The van der Waals surface area contributed by atoms with Gasteiger partial charge < -0.3 is 16.0 Å². The highest BCUT2D eigenvalue weighted by Gasteiger charge is 2.19. The van der Waals surface area contributed by atoms with E-state index in [1.807, 2.05) is 0 Å². The van der Waals surface area contributed by atoms with Gasteiger partial charge in [-0.05, 0) is 37.8 Å². The average molecular weight is 247 g/mol. The van der Waals surface area contributed by atoms with Crippen molar-refractivity contribution in [3.8, 4) is 0 Å². The lowest BCUT2D eigenvalue weighted by Crippen LogP contribution is -2.41. The SMILES string of the molecule is Cc1cccc(C)c1NC1CCN(CCN)CC1. The third kappa shape index (κ3) is 3.24. The minimum absolute atomic E-state index is 0.610. The maximum absolute atomic E-state index is 5.60. The van der Waals surface area contributed by atoms with Crippen LogP contribution in [-0.4, -0.2) is 37.1 Å². The van der Waals surface area contributed by atoms with E-state index in [0.29, 0.717) is 6.04 Å². The molecule has 18 heavy (non-hydrogen) atoms. The van der Waals surface area contributed by atoms with Gasteiger partial charge in [-0.15, -0.1) is 0 Å². The van der Waals surface area contributed by atoms with Crippen LogP contribution in [0.15, 0.2) is 18.2 Å². The van der Waals surface area contributed by atoms with E-state index in [0.717, 1.165) is 13.1 Å². The van der Waals surface area contributed by atoms with E-state index in [1.54, 1.807) is 0 Å². The topological polar surface area (TPSA) is 41.3 Å². The third-order valence-corrected chi connectivity index (χ3v) is 3.86. The van der Waals surface area contributed by atoms with Crippen LogP contribution >= 0.6 is 0 Å². The molecule has 0 spiro atoms. The predicted molar refractivity (Wildman–Crippen MR) is 78.1 cm³/mol. The van der Waals surface area contributed by atoms with Crippen molar-refractivity contribution in [1.82, 2.24) is 4.90 Å². The summed E-state index contributed by atoms with van der Waals surface area (Å²) in [4.78, 5) is 2.46. The van der Waals surface area contributed by atoms with Crippen molar-refractivity contribution in [2.75, 3.05) is 31.5 Å². The molecule has 0 aliphatic carbocycles. The Morgan fingerprint density at radius 1 is 1.22 bits per heavy atom. The number of likely N-dealkylation sites (tertiary alicyclic amines) is 1. The van der Waals surface area contributed by atoms with Gasteiger partial charge in [0.15, 0.2) is 0 Å². The summed E-state index contributed by atoms with van der Waals surface area (Å²) in [6, 6.07) is 7.09. The van der Waals surface area contributed by atoms with Crippen LogP contribution in [0.5, 0.6) is 0 Å². The van der Waals surface area contributed by atoms with Crippen LogP contribution in [-0.2, 0) is 0 Å². The molecule has 0 amide bonds. The Kier molecular flexibility index (Phi) is 4.61. The number of nitrogens with zero attached hydrogens (tertiary/aromatic N) is 1. The molecule has 1 heterocycles. The van der Waals surface area contributed by atoms with Gasteiger partial charge in [0.2, 0.25) is 0 Å². The first kappa shape index (κ1) is 13.4. The fraction of sp³-hybridized carbons (Fsp3) is 0.600. The van der Waals surface area contributed by atoms with Gasteiger partial charge >= 0.3 is 0 Å². The summed E-state index contributed by atoms with van der Waals surface area (Å²) >= 11 is 0. The summed E-state index contributed by atoms with van der Waals surface area (Å²) in [6.45, 7) is 8.50. The molecule has 100 valence electrons. The average Bonchev–Trinajstić information content (AvgIpc) is 2.36. The van der Waals surface area contributed by atoms with E-state index < -0.39 is 0 Å². The second-order valence-electron chi connectivity index (χ2n) is 5.32. The van der Waals surface area contributed by atoms with E-state index in [2.05, 4.69) is 42.3 Å². The number of piperidine rings is 1. The minimum atomic E-state index is 0.610. The van der Waals surface area contributed by atoms with Gasteiger partial charge in [0.1, 0.15) is 0 Å². The molecule has 1 fully saturated rings. The molecule has 3 heteroatoms. The van der Waals surface area contributed by atoms with Crippen molar-refractivity contribution in [2.24, 2.45) is 5.73 Å². The summed E-state index contributed by atoms with van der Waals surface area (Å²) in [5.74, 6) is 0. The zero-order chi connectivity index (χ0) is 13.0. The second-order valence-corrected chi connectivity index (χ2v) is 5.32. The normalized spacial score (nSPS) is 17.9. The Labute approximate surface area is 110 Å². The lowest BCUT2D eigenvalue weighted by atomic mass is 10.0. The minimum Gasteiger partial charge on any atom is -0.382 e. The Bertz CT molecular complexity index is 361. The molecular formula is C15H25N3. The molecule has 2 rings (SSSR count). The highest BCUT2D eigenvalue weighted by atomic mass is 15.1. The first-order chi connectivity index (χ1) is 8.70. The second kappa shape index (κ2) is 6.21. The fourth-order valence-electron chi connectivity index (χ4n) is 2.73. The summed E-state index contributed by atoms with van der Waals surface area (Å²) in [5, 5.41) is 3.72. The third-order valence-electron chi connectivity index (χ3n) is 3.86. The predicted octanol–water partition coefficient (Wildman–Crippen LogP) is 2.14. The highest BCUT2D eigenvalue weighted by Crippen LogP contribution is 2.23. The zero-order valence-electron chi connectivity index (χ0n) is 11.6. The Morgan fingerprint density at radius 3 is 2.39 bits per heavy atom. The molecule has 1 saturated heterocycles. The number of hydrogen-bond donors (Lipinski definition) is 2. The smallest absolute Gasteiger partial charge is 0.0401 e. The molecule has 0 atom stereocenters. The van der Waals surface area contributed by atoms with E-state index in [-0.39, 0.29) is 0 Å². The number of benzene rings is 1. The van der Waals surface area contributed by atoms with Crippen molar-refractivity contribution >= 4 is 5.69 Å². The number of aryl methyl sites for hydroxylation is 2. The first-order valence-corrected chi connectivity index (χ1v) is 6.96. The lowest BCUT2D eigenvalue weighted by Gasteiger charge is -2.33. The van der Waals surface area contributed by atoms with Gasteiger partial charge in [-0.3, -0.25) is 0 Å². The molecule has 1 aromatic carbocycles. The summed E-state index contributed by atoms with van der Waals surface area (Å²) in [5.41, 5.74) is 9.62. The maximum atomic E-state index is 5.60. The largest absolute Gasteiger partial charge is 0.382 e. The monoisotopic (exact) mass is 247 g/mol. The van der Waals surface area contributed by atoms with Crippen LogP contribution in [0.3, 0.4) is 0 Å². The molecule has 0 unspecified atom stereocenters. The van der Waals surface area contributed by atoms with Crippen molar-refractivity contribution < 1.29 is 0 Å². The fourth-order valence-corrected chi connectivity index (χ4v) is 2.73. The number of para-hydroxylation sites is 1. The van der Waals surface area contributed by atoms with Gasteiger partial charge in [0.25, 0.3) is 0 Å². The lowest BCUT2D eigenvalue weighted by molar-refractivity contribution is 0.224. The van der Waals surface area contributed by atoms with Gasteiger partial charge in [-0.1, -0.05) is 18.2 Å². The standard InChI is InChI=1S/C15H25N3/c1-12-4-3-5-13(2)15(12)17-14-6-9-18(10-7-14)11-8-16/h3-5,14,17H,6-11,16H2,1-2H3. The van der Waals surface area contributed by atoms with Crippen LogP contribution in [0.1, 0.15) is 24.0 Å². The van der Waals surface area contributed by atoms with Gasteiger partial charge in [-0.2, -0.15) is 0 Å². The van der Waals surface area contributed by atoms with Crippen molar-refractivity contribution in [3.63, 3.8) is 0 Å². The first-order valence-electron chi connectivity index (χ1n) is 6.96. The Balaban J connectivity index is 1.92. The molecule has 0 saturated carbocycles. The number of hydrogen-bond acceptors (Lipinski definition) is 3. The molecule has 3 nitrogen and oxygen atoms in total. The van der Waals surface area contributed by atoms with E-state index in [9.17, 15) is 0 Å². The number of nitrogens with one attached hydrogen (secondary N) is 1. The van der Waals surface area contributed by atoms with Crippen LogP contribution in [0, 0.1) is 13.8 Å². The van der Waals surface area contributed by atoms with Crippen molar-refractivity contribution in [2.45, 2.75) is 32.7 Å². The molecule has 3 N–H and O–H groups in total. The molecule has 1 aliphatic rings. The summed E-state index contributed by atoms with van der Waals surface area (Å²) in [6.07, 6.45) is 2.43. The number of rotatable bonds is 4. The van der Waals surface area contributed by atoms with Crippen molar-refractivity contribution in [3.05, 3.63) is 29.3 Å². The molecule has 0 bridgehead atoms. The summed E-state index contributed by atoms with van der Waals surface area (Å²) in [7, 11) is 0. The Hall–Kier alpha value is -1.06. The molecule has 0 aromatic heterocycles. The maximum Gasteiger partial charge on any atom is 0.0401 e. The van der Waals surface area contributed by atoms with E-state index in [1.165, 1.54) is 42.7 Å². The van der Waals surface area contributed by atoms with Gasteiger partial charge in [0.05, 0.1) is 0 Å². The van der Waals surface area contributed by atoms with Crippen LogP contribution < -0.4 is 11.1 Å². The molecule has 0 radical (unpaired) electrons. The molecule has 1 aliphatic heterocycles. The van der Waals surface area contributed by atoms with Crippen LogP contribution in [0.4, 0.5) is 5.69 Å². The van der Waals surface area contributed by atoms with E-state index in [4.69, 9.17) is 5.73 Å². The molecule has 1 aromatic rings. The van der Waals surface area contributed by atoms with Gasteiger partial charge in [-0.25, -0.2) is 0 Å².